The average Bonchev–Trinajstić information content (AvgIpc) is 2.83. The summed E-state index contributed by atoms with van der Waals surface area (Å²) in [7, 11) is -2.70. The third-order valence-electron chi connectivity index (χ3n) is 6.20. The van der Waals surface area contributed by atoms with Crippen LogP contribution in [0, 0.1) is 0 Å². The lowest BCUT2D eigenvalue weighted by Gasteiger charge is -2.44. The lowest BCUT2D eigenvalue weighted by Crippen LogP contribution is -2.67. The van der Waals surface area contributed by atoms with Gasteiger partial charge in [-0.1, -0.05) is 123 Å². The summed E-state index contributed by atoms with van der Waals surface area (Å²) in [5.74, 6) is -0.0817. The molecule has 0 radical (unpaired) electrons. The zero-order valence-corrected chi connectivity index (χ0v) is 20.8. The summed E-state index contributed by atoms with van der Waals surface area (Å²) in [5.41, 5.74) is 10.4. The molecule has 0 heterocycles. The van der Waals surface area contributed by atoms with Crippen molar-refractivity contribution < 1.29 is 4.43 Å². The van der Waals surface area contributed by atoms with Gasteiger partial charge in [0, 0.05) is 23.5 Å². The number of rotatable bonds is 10. The molecule has 0 fully saturated rings. The van der Waals surface area contributed by atoms with Crippen LogP contribution in [0.1, 0.15) is 38.7 Å². The largest absolute Gasteiger partial charge is 0.407 e. The number of azide groups is 1. The minimum atomic E-state index is -2.70. The quantitative estimate of drug-likeness (QED) is 0.112. The highest BCUT2D eigenvalue weighted by Crippen LogP contribution is 2.38. The monoisotopic (exact) mass is 455 g/mol. The van der Waals surface area contributed by atoms with E-state index in [0.29, 0.717) is 13.0 Å². The summed E-state index contributed by atoms with van der Waals surface area (Å²) < 4.78 is 7.18. The van der Waals surface area contributed by atoms with Crippen LogP contribution in [0.5, 0.6) is 0 Å². The summed E-state index contributed by atoms with van der Waals surface area (Å²) >= 11 is 0. The maximum absolute atomic E-state index is 9.26. The molecule has 0 aromatic heterocycles. The van der Waals surface area contributed by atoms with Gasteiger partial charge in [-0.25, -0.2) is 0 Å². The lowest BCUT2D eigenvalue weighted by atomic mass is 9.91. The van der Waals surface area contributed by atoms with Gasteiger partial charge in [0.25, 0.3) is 8.32 Å². The predicted octanol–water partition coefficient (Wildman–Crippen LogP) is 6.60. The maximum atomic E-state index is 9.26. The highest BCUT2D eigenvalue weighted by molar-refractivity contribution is 6.99. The molecule has 5 heteroatoms. The molecule has 2 atom stereocenters. The van der Waals surface area contributed by atoms with E-state index in [2.05, 4.69) is 98.0 Å². The van der Waals surface area contributed by atoms with Crippen molar-refractivity contribution in [3.05, 3.63) is 120 Å². The van der Waals surface area contributed by atoms with E-state index < -0.39 is 8.32 Å². The molecule has 0 bridgehead atoms. The molecule has 0 aliphatic rings. The Morgan fingerprint density at radius 3 is 1.82 bits per heavy atom. The van der Waals surface area contributed by atoms with Crippen LogP contribution in [-0.4, -0.2) is 21.0 Å². The smallest absolute Gasteiger partial charge is 0.261 e. The molecule has 0 saturated heterocycles. The van der Waals surface area contributed by atoms with Crippen LogP contribution < -0.4 is 10.4 Å². The first kappa shape index (κ1) is 24.5. The zero-order chi connectivity index (χ0) is 23.7. The summed E-state index contributed by atoms with van der Waals surface area (Å²) in [5, 5.41) is 6.49. The van der Waals surface area contributed by atoms with E-state index in [1.807, 2.05) is 36.4 Å². The van der Waals surface area contributed by atoms with Gasteiger partial charge in [0.15, 0.2) is 0 Å². The van der Waals surface area contributed by atoms with Gasteiger partial charge in [-0.3, -0.25) is 0 Å². The normalized spacial score (nSPS) is 13.5. The van der Waals surface area contributed by atoms with Crippen LogP contribution in [0.4, 0.5) is 0 Å². The van der Waals surface area contributed by atoms with Crippen LogP contribution in [0.2, 0.25) is 5.04 Å². The Labute approximate surface area is 198 Å². The Hall–Kier alpha value is -3.11. The zero-order valence-electron chi connectivity index (χ0n) is 19.8. The Bertz CT molecular complexity index is 1020. The van der Waals surface area contributed by atoms with Crippen molar-refractivity contribution in [3.63, 3.8) is 0 Å². The van der Waals surface area contributed by atoms with Crippen LogP contribution in [-0.2, 0) is 4.43 Å². The molecule has 3 aromatic carbocycles. The van der Waals surface area contributed by atoms with Gasteiger partial charge < -0.3 is 4.43 Å². The molecule has 0 aliphatic heterocycles. The van der Waals surface area contributed by atoms with Crippen molar-refractivity contribution in [1.82, 2.24) is 0 Å². The number of nitrogens with zero attached hydrogens (tertiary/aromatic N) is 3. The van der Waals surface area contributed by atoms with Crippen molar-refractivity contribution in [3.8, 4) is 0 Å². The summed E-state index contributed by atoms with van der Waals surface area (Å²) in [4.78, 5) is 3.14. The lowest BCUT2D eigenvalue weighted by molar-refractivity contribution is 0.254. The second-order valence-electron chi connectivity index (χ2n) is 9.29. The Morgan fingerprint density at radius 1 is 0.909 bits per heavy atom. The third-order valence-corrected chi connectivity index (χ3v) is 11.2. The molecule has 3 aromatic rings. The highest BCUT2D eigenvalue weighted by Gasteiger charge is 2.50. The van der Waals surface area contributed by atoms with Gasteiger partial charge in [0.1, 0.15) is 0 Å². The van der Waals surface area contributed by atoms with E-state index in [1.165, 1.54) is 10.4 Å². The maximum Gasteiger partial charge on any atom is 0.261 e. The first-order valence-corrected chi connectivity index (χ1v) is 13.3. The Morgan fingerprint density at radius 2 is 1.39 bits per heavy atom. The van der Waals surface area contributed by atoms with Crippen molar-refractivity contribution in [2.75, 3.05) is 6.61 Å². The fourth-order valence-electron chi connectivity index (χ4n) is 4.64. The van der Waals surface area contributed by atoms with E-state index in [1.54, 1.807) is 0 Å². The van der Waals surface area contributed by atoms with Gasteiger partial charge in [0.05, 0.1) is 0 Å². The van der Waals surface area contributed by atoms with Gasteiger partial charge in [0.2, 0.25) is 0 Å². The van der Waals surface area contributed by atoms with E-state index in [0.717, 1.165) is 5.56 Å². The SMILES string of the molecule is C=CC[C@@H](N=[N+]=[N-])[C@H](CO[Si](c1ccccc1)(c1ccccc1)C(C)(C)C)c1ccccc1. The van der Waals surface area contributed by atoms with Crippen LogP contribution >= 0.6 is 0 Å². The van der Waals surface area contributed by atoms with Crippen molar-refractivity contribution in [2.45, 2.75) is 44.2 Å². The molecule has 33 heavy (non-hydrogen) atoms. The molecule has 0 unspecified atom stereocenters. The van der Waals surface area contributed by atoms with Crippen molar-refractivity contribution >= 4 is 18.7 Å². The third kappa shape index (κ3) is 5.45. The fraction of sp³-hybridized carbons (Fsp3) is 0.286. The van der Waals surface area contributed by atoms with Gasteiger partial charge in [-0.05, 0) is 32.9 Å². The summed E-state index contributed by atoms with van der Waals surface area (Å²) in [6, 6.07) is 31.1. The number of hydrogen-bond acceptors (Lipinski definition) is 2. The second kappa shape index (κ2) is 11.1. The van der Waals surface area contributed by atoms with Crippen molar-refractivity contribution in [2.24, 2.45) is 5.11 Å². The fourth-order valence-corrected chi connectivity index (χ4v) is 9.22. The average molecular weight is 456 g/mol. The molecule has 0 saturated carbocycles. The Balaban J connectivity index is 2.13. The molecular formula is C28H33N3OSi. The molecule has 0 amide bonds. The van der Waals surface area contributed by atoms with Crippen LogP contribution in [0.25, 0.3) is 10.4 Å². The van der Waals surface area contributed by atoms with Gasteiger partial charge >= 0.3 is 0 Å². The number of hydrogen-bond donors (Lipinski definition) is 0. The Kier molecular flexibility index (Phi) is 8.29. The molecule has 4 nitrogen and oxygen atoms in total. The summed E-state index contributed by atoms with van der Waals surface area (Å²) in [6.45, 7) is 11.1. The minimum Gasteiger partial charge on any atom is -0.407 e. The standard InChI is InChI=1S/C28H33N3OSi/c1-5-15-27(30-31-29)26(23-16-9-6-10-17-23)22-32-33(28(2,3)4,24-18-11-7-12-19-24)25-20-13-8-14-21-25/h5-14,16-21,26-27H,1,15,22H2,2-4H3/t26-,27-/m1/s1. The summed E-state index contributed by atoms with van der Waals surface area (Å²) in [6.07, 6.45) is 2.41. The molecular weight excluding hydrogens is 422 g/mol. The van der Waals surface area contributed by atoms with E-state index in [-0.39, 0.29) is 17.0 Å². The molecule has 170 valence electrons. The van der Waals surface area contributed by atoms with Gasteiger partial charge in [-0.15, -0.1) is 6.58 Å². The highest BCUT2D eigenvalue weighted by atomic mass is 28.4. The first-order chi connectivity index (χ1) is 15.9. The van der Waals surface area contributed by atoms with Crippen LogP contribution in [0.15, 0.2) is 109 Å². The predicted molar refractivity (Wildman–Crippen MR) is 141 cm³/mol. The number of benzene rings is 3. The molecule has 0 aliphatic carbocycles. The van der Waals surface area contributed by atoms with Gasteiger partial charge in [-0.2, -0.15) is 0 Å². The molecule has 0 spiro atoms. The molecule has 0 N–H and O–H groups in total. The second-order valence-corrected chi connectivity index (χ2v) is 13.6. The van der Waals surface area contributed by atoms with E-state index >= 15 is 0 Å². The minimum absolute atomic E-state index is 0.0817. The van der Waals surface area contributed by atoms with E-state index in [4.69, 9.17) is 4.43 Å². The van der Waals surface area contributed by atoms with Crippen LogP contribution in [0.3, 0.4) is 0 Å². The first-order valence-electron chi connectivity index (χ1n) is 11.4. The van der Waals surface area contributed by atoms with Crippen molar-refractivity contribution in [1.29, 1.82) is 0 Å². The van der Waals surface area contributed by atoms with E-state index in [9.17, 15) is 5.53 Å². The topological polar surface area (TPSA) is 58.0 Å². The molecule has 3 rings (SSSR count).